The number of nitrogens with two attached hydrogens (primary N) is 1. The van der Waals surface area contributed by atoms with E-state index in [9.17, 15) is 19.1 Å². The molecule has 0 aliphatic carbocycles. The maximum absolute atomic E-state index is 13.0. The molecule has 0 heterocycles. The van der Waals surface area contributed by atoms with E-state index in [1.807, 2.05) is 6.07 Å². The molecule has 0 aliphatic rings. The second-order valence-electron chi connectivity index (χ2n) is 6.09. The zero-order valence-electron chi connectivity index (χ0n) is 15.1. The number of aliphatic hydroxyl groups excluding tert-OH is 1. The molecule has 2 aromatic rings. The normalized spacial score (nSPS) is 12.6. The van der Waals surface area contributed by atoms with Gasteiger partial charge in [-0.3, -0.25) is 9.59 Å². The van der Waals surface area contributed by atoms with Gasteiger partial charge in [-0.15, -0.1) is 0 Å². The lowest BCUT2D eigenvalue weighted by molar-refractivity contribution is -0.131. The molecular weight excluding hydrogens is 387 g/mol. The van der Waals surface area contributed by atoms with Gasteiger partial charge in [0, 0.05) is 11.3 Å². The van der Waals surface area contributed by atoms with Gasteiger partial charge in [-0.1, -0.05) is 11.6 Å². The van der Waals surface area contributed by atoms with E-state index in [2.05, 4.69) is 5.32 Å². The van der Waals surface area contributed by atoms with Gasteiger partial charge < -0.3 is 10.4 Å². The third kappa shape index (κ3) is 4.46. The number of anilines is 1. The number of carbonyl (C=O) groups excluding carboxylic acids is 2. The summed E-state index contributed by atoms with van der Waals surface area (Å²) in [5, 5.41) is 22.4. The van der Waals surface area contributed by atoms with Gasteiger partial charge in [-0.05, 0) is 55.8 Å². The molecule has 0 saturated carbocycles. The number of hydrazine groups is 1. The topological polar surface area (TPSA) is 119 Å². The summed E-state index contributed by atoms with van der Waals surface area (Å²) in [7, 11) is 0. The number of amides is 2. The molecule has 7 nitrogen and oxygen atoms in total. The summed E-state index contributed by atoms with van der Waals surface area (Å²) in [5.41, 5.74) is 1.16. The third-order valence-corrected chi connectivity index (χ3v) is 4.60. The average molecular weight is 405 g/mol. The van der Waals surface area contributed by atoms with Crippen molar-refractivity contribution < 1.29 is 19.1 Å². The zero-order valence-corrected chi connectivity index (χ0v) is 15.9. The largest absolute Gasteiger partial charge is 0.391 e. The van der Waals surface area contributed by atoms with Crippen LogP contribution in [0, 0.1) is 24.1 Å². The number of benzene rings is 2. The summed E-state index contributed by atoms with van der Waals surface area (Å²) in [6.07, 6.45) is -1.21. The summed E-state index contributed by atoms with van der Waals surface area (Å²) in [5.74, 6) is 3.36. The number of nitriles is 1. The SMILES string of the molecule is Cc1c(N[C@@H](C(=O)N(N)C(=O)c2ccc(F)cc2)[C@@H](C)O)ccc(C#N)c1Cl. The number of hydrogen-bond donors (Lipinski definition) is 3. The fourth-order valence-corrected chi connectivity index (χ4v) is 2.67. The molecule has 0 aliphatic heterocycles. The highest BCUT2D eigenvalue weighted by Gasteiger charge is 2.31. The second kappa shape index (κ2) is 8.80. The van der Waals surface area contributed by atoms with E-state index in [-0.39, 0.29) is 16.1 Å². The second-order valence-corrected chi connectivity index (χ2v) is 6.47. The van der Waals surface area contributed by atoms with E-state index < -0.39 is 29.8 Å². The Kier molecular flexibility index (Phi) is 6.70. The first-order chi connectivity index (χ1) is 13.2. The summed E-state index contributed by atoms with van der Waals surface area (Å²) in [6, 6.07) is 8.20. The molecule has 9 heteroatoms. The molecule has 0 saturated heterocycles. The minimum absolute atomic E-state index is 0.0131. The summed E-state index contributed by atoms with van der Waals surface area (Å²) in [4.78, 5) is 25.1. The average Bonchev–Trinajstić information content (AvgIpc) is 2.67. The first kappa shape index (κ1) is 21.3. The van der Waals surface area contributed by atoms with Crippen molar-refractivity contribution in [2.45, 2.75) is 26.0 Å². The van der Waals surface area contributed by atoms with Gasteiger partial charge in [0.25, 0.3) is 11.8 Å². The summed E-state index contributed by atoms with van der Waals surface area (Å²) >= 11 is 6.12. The first-order valence-electron chi connectivity index (χ1n) is 8.19. The number of carbonyl (C=O) groups is 2. The number of nitrogens with zero attached hydrogens (tertiary/aromatic N) is 2. The highest BCUT2D eigenvalue weighted by atomic mass is 35.5. The molecule has 0 spiro atoms. The Morgan fingerprint density at radius 1 is 1.29 bits per heavy atom. The molecule has 2 rings (SSSR count). The summed E-state index contributed by atoms with van der Waals surface area (Å²) in [6.45, 7) is 2.99. The third-order valence-electron chi connectivity index (χ3n) is 4.11. The Morgan fingerprint density at radius 3 is 2.43 bits per heavy atom. The van der Waals surface area contributed by atoms with E-state index in [0.29, 0.717) is 16.3 Å². The van der Waals surface area contributed by atoms with E-state index in [4.69, 9.17) is 22.7 Å². The molecule has 0 radical (unpaired) electrons. The first-order valence-corrected chi connectivity index (χ1v) is 8.57. The van der Waals surface area contributed by atoms with E-state index in [1.54, 1.807) is 6.92 Å². The van der Waals surface area contributed by atoms with E-state index >= 15 is 0 Å². The van der Waals surface area contributed by atoms with Crippen molar-refractivity contribution in [1.29, 1.82) is 5.26 Å². The van der Waals surface area contributed by atoms with E-state index in [1.165, 1.54) is 31.2 Å². The maximum atomic E-state index is 13.0. The highest BCUT2D eigenvalue weighted by molar-refractivity contribution is 6.32. The molecule has 2 atom stereocenters. The molecule has 0 aromatic heterocycles. The van der Waals surface area contributed by atoms with Crippen LogP contribution in [0.5, 0.6) is 0 Å². The van der Waals surface area contributed by atoms with Gasteiger partial charge in [0.15, 0.2) is 0 Å². The van der Waals surface area contributed by atoms with Crippen LogP contribution >= 0.6 is 11.6 Å². The molecule has 0 bridgehead atoms. The van der Waals surface area contributed by atoms with Crippen LogP contribution in [0.2, 0.25) is 5.02 Å². The maximum Gasteiger partial charge on any atom is 0.274 e. The lowest BCUT2D eigenvalue weighted by Gasteiger charge is -2.26. The number of aliphatic hydroxyl groups is 1. The standard InChI is InChI=1S/C19H18ClFN4O3/c1-10-15(8-5-13(9-22)16(10)20)24-17(11(2)26)19(28)25(23)18(27)12-3-6-14(21)7-4-12/h3-8,11,17,24,26H,23H2,1-2H3/t11-,17-/m1/s1. The number of nitrogens with one attached hydrogen (secondary N) is 1. The van der Waals surface area contributed by atoms with Crippen LogP contribution < -0.4 is 11.2 Å². The minimum atomic E-state index is -1.27. The molecule has 0 unspecified atom stereocenters. The number of rotatable bonds is 5. The highest BCUT2D eigenvalue weighted by Crippen LogP contribution is 2.28. The van der Waals surface area contributed by atoms with Crippen molar-refractivity contribution in [3.63, 3.8) is 0 Å². The van der Waals surface area contributed by atoms with Crippen LogP contribution in [0.3, 0.4) is 0 Å². The molecule has 2 amide bonds. The van der Waals surface area contributed by atoms with Crippen molar-refractivity contribution in [3.8, 4) is 6.07 Å². The fourth-order valence-electron chi connectivity index (χ4n) is 2.47. The van der Waals surface area contributed by atoms with Crippen LogP contribution in [0.4, 0.5) is 10.1 Å². The zero-order chi connectivity index (χ0) is 21.0. The monoisotopic (exact) mass is 404 g/mol. The van der Waals surface area contributed by atoms with Gasteiger partial charge >= 0.3 is 0 Å². The lowest BCUT2D eigenvalue weighted by atomic mass is 10.1. The van der Waals surface area contributed by atoms with Gasteiger partial charge in [-0.25, -0.2) is 15.2 Å². The number of hydrogen-bond acceptors (Lipinski definition) is 6. The van der Waals surface area contributed by atoms with Gasteiger partial charge in [0.05, 0.1) is 16.7 Å². The van der Waals surface area contributed by atoms with Crippen molar-refractivity contribution in [3.05, 3.63) is 63.9 Å². The Hall–Kier alpha value is -2.99. The van der Waals surface area contributed by atoms with E-state index in [0.717, 1.165) is 12.1 Å². The lowest BCUT2D eigenvalue weighted by Crippen LogP contribution is -2.53. The Labute approximate surface area is 166 Å². The predicted octanol–water partition coefficient (Wildman–Crippen LogP) is 2.36. The molecule has 4 N–H and O–H groups in total. The molecule has 2 aromatic carbocycles. The van der Waals surface area contributed by atoms with Crippen molar-refractivity contribution in [2.24, 2.45) is 5.84 Å². The van der Waals surface area contributed by atoms with Gasteiger partial charge in [0.2, 0.25) is 0 Å². The van der Waals surface area contributed by atoms with Crippen LogP contribution in [-0.4, -0.2) is 34.1 Å². The van der Waals surface area contributed by atoms with Crippen molar-refractivity contribution in [1.82, 2.24) is 5.01 Å². The quantitative estimate of drug-likeness (QED) is 0.400. The molecule has 28 heavy (non-hydrogen) atoms. The molecule has 146 valence electrons. The fraction of sp³-hybridized carbons (Fsp3) is 0.211. The van der Waals surface area contributed by atoms with Crippen LogP contribution in [0.25, 0.3) is 0 Å². The van der Waals surface area contributed by atoms with Crippen molar-refractivity contribution >= 4 is 29.1 Å². The van der Waals surface area contributed by atoms with Crippen LogP contribution in [-0.2, 0) is 4.79 Å². The van der Waals surface area contributed by atoms with Crippen molar-refractivity contribution in [2.75, 3.05) is 5.32 Å². The smallest absolute Gasteiger partial charge is 0.274 e. The van der Waals surface area contributed by atoms with Gasteiger partial charge in [0.1, 0.15) is 17.9 Å². The summed E-state index contributed by atoms with van der Waals surface area (Å²) < 4.78 is 13.0. The minimum Gasteiger partial charge on any atom is -0.391 e. The predicted molar refractivity (Wildman–Crippen MR) is 102 cm³/mol. The molecule has 0 fully saturated rings. The number of halogens is 2. The Morgan fingerprint density at radius 2 is 1.89 bits per heavy atom. The van der Waals surface area contributed by atoms with Gasteiger partial charge in [-0.2, -0.15) is 5.26 Å². The Balaban J connectivity index is 2.27. The number of imide groups is 1. The van der Waals surface area contributed by atoms with Crippen LogP contribution in [0.1, 0.15) is 28.4 Å². The Bertz CT molecular complexity index is 941. The van der Waals surface area contributed by atoms with Crippen LogP contribution in [0.15, 0.2) is 36.4 Å². The molecular formula is C19H18ClFN4O3.